The molecule has 1 amide bonds. The Kier molecular flexibility index (Phi) is 4.12. The van der Waals surface area contributed by atoms with Crippen LogP contribution >= 0.6 is 0 Å². The van der Waals surface area contributed by atoms with E-state index in [1.165, 1.54) is 0 Å². The van der Waals surface area contributed by atoms with Gasteiger partial charge in [-0.3, -0.25) is 5.32 Å². The van der Waals surface area contributed by atoms with Crippen LogP contribution in [0.2, 0.25) is 0 Å². The van der Waals surface area contributed by atoms with E-state index in [9.17, 15) is 4.79 Å². The summed E-state index contributed by atoms with van der Waals surface area (Å²) < 4.78 is 5.20. The number of aromatic nitrogens is 1. The predicted molar refractivity (Wildman–Crippen MR) is 83.9 cm³/mol. The lowest BCUT2D eigenvalue weighted by Gasteiger charge is -2.19. The number of nitrogens with zero attached hydrogens (tertiary/aromatic N) is 1. The van der Waals surface area contributed by atoms with Gasteiger partial charge >= 0.3 is 6.09 Å². The predicted octanol–water partition coefficient (Wildman–Crippen LogP) is 3.68. The first-order valence-electron chi connectivity index (χ1n) is 6.66. The van der Waals surface area contributed by atoms with Gasteiger partial charge in [0.1, 0.15) is 11.4 Å². The van der Waals surface area contributed by atoms with Crippen molar-refractivity contribution in [1.82, 2.24) is 4.98 Å². The maximum Gasteiger partial charge on any atom is 0.412 e. The second-order valence-electron chi connectivity index (χ2n) is 5.64. The van der Waals surface area contributed by atoms with Crippen LogP contribution in [-0.4, -0.2) is 16.7 Å². The quantitative estimate of drug-likeness (QED) is 0.882. The molecule has 0 aliphatic carbocycles. The minimum Gasteiger partial charge on any atom is -0.444 e. The monoisotopic (exact) mass is 285 g/mol. The van der Waals surface area contributed by atoms with Crippen LogP contribution in [0.3, 0.4) is 0 Å². The highest BCUT2D eigenvalue weighted by Gasteiger charge is 2.16. The lowest BCUT2D eigenvalue weighted by atomic mass is 10.1. The highest BCUT2D eigenvalue weighted by atomic mass is 16.6. The smallest absolute Gasteiger partial charge is 0.412 e. The summed E-state index contributed by atoms with van der Waals surface area (Å²) in [5, 5.41) is 2.68. The van der Waals surface area contributed by atoms with Crippen molar-refractivity contribution in [3.63, 3.8) is 0 Å². The van der Waals surface area contributed by atoms with Crippen LogP contribution in [0.4, 0.5) is 16.3 Å². The fourth-order valence-corrected chi connectivity index (χ4v) is 1.82. The van der Waals surface area contributed by atoms with Crippen LogP contribution in [0.5, 0.6) is 0 Å². The third kappa shape index (κ3) is 4.21. The van der Waals surface area contributed by atoms with Crippen molar-refractivity contribution in [3.05, 3.63) is 42.6 Å². The third-order valence-electron chi connectivity index (χ3n) is 2.68. The molecule has 0 radical (unpaired) electrons. The standard InChI is InChI=1S/C16H19N3O2/c1-16(2,3)21-15(20)19-12-8-6-11(7-9-12)13-5-4-10-18-14(13)17/h4-10H,1-3H3,(H2,17,18)(H,19,20). The Morgan fingerprint density at radius 3 is 2.43 bits per heavy atom. The number of hydrogen-bond acceptors (Lipinski definition) is 4. The number of pyridine rings is 1. The van der Waals surface area contributed by atoms with Gasteiger partial charge < -0.3 is 10.5 Å². The molecular weight excluding hydrogens is 266 g/mol. The SMILES string of the molecule is CC(C)(C)OC(=O)Nc1ccc(-c2cccnc2N)cc1. The van der Waals surface area contributed by atoms with Crippen LogP contribution in [0.25, 0.3) is 11.1 Å². The summed E-state index contributed by atoms with van der Waals surface area (Å²) in [6, 6.07) is 11.1. The van der Waals surface area contributed by atoms with Crippen molar-refractivity contribution in [2.45, 2.75) is 26.4 Å². The molecule has 5 nitrogen and oxygen atoms in total. The second kappa shape index (κ2) is 5.83. The van der Waals surface area contributed by atoms with E-state index in [1.807, 2.05) is 45.0 Å². The van der Waals surface area contributed by atoms with E-state index in [1.54, 1.807) is 18.3 Å². The molecule has 3 N–H and O–H groups in total. The van der Waals surface area contributed by atoms with E-state index in [0.29, 0.717) is 11.5 Å². The molecule has 5 heteroatoms. The van der Waals surface area contributed by atoms with Gasteiger partial charge in [-0.05, 0) is 50.6 Å². The topological polar surface area (TPSA) is 77.2 Å². The van der Waals surface area contributed by atoms with E-state index < -0.39 is 11.7 Å². The summed E-state index contributed by atoms with van der Waals surface area (Å²) in [5.41, 5.74) is 7.79. The Labute approximate surface area is 124 Å². The number of benzene rings is 1. The minimum absolute atomic E-state index is 0.476. The first-order valence-corrected chi connectivity index (χ1v) is 6.66. The lowest BCUT2D eigenvalue weighted by Crippen LogP contribution is -2.27. The molecule has 0 spiro atoms. The number of carbonyl (C=O) groups excluding carboxylic acids is 1. The van der Waals surface area contributed by atoms with Crippen LogP contribution in [0.15, 0.2) is 42.6 Å². The molecular formula is C16H19N3O2. The average molecular weight is 285 g/mol. The van der Waals surface area contributed by atoms with E-state index in [2.05, 4.69) is 10.3 Å². The van der Waals surface area contributed by atoms with Gasteiger partial charge in [0.15, 0.2) is 0 Å². The van der Waals surface area contributed by atoms with Crippen LogP contribution in [0.1, 0.15) is 20.8 Å². The van der Waals surface area contributed by atoms with Gasteiger partial charge in [0.05, 0.1) is 0 Å². The van der Waals surface area contributed by atoms with Crippen LogP contribution in [0, 0.1) is 0 Å². The molecule has 0 aliphatic heterocycles. The maximum absolute atomic E-state index is 11.7. The van der Waals surface area contributed by atoms with Crippen molar-refractivity contribution < 1.29 is 9.53 Å². The number of nitrogen functional groups attached to an aromatic ring is 1. The number of amides is 1. The Morgan fingerprint density at radius 2 is 1.86 bits per heavy atom. The van der Waals surface area contributed by atoms with Crippen LogP contribution < -0.4 is 11.1 Å². The highest BCUT2D eigenvalue weighted by Crippen LogP contribution is 2.25. The first kappa shape index (κ1) is 14.8. The molecule has 0 atom stereocenters. The summed E-state index contributed by atoms with van der Waals surface area (Å²) in [6.07, 6.45) is 1.17. The van der Waals surface area contributed by atoms with Gasteiger partial charge in [0.2, 0.25) is 0 Å². The van der Waals surface area contributed by atoms with Gasteiger partial charge in [-0.15, -0.1) is 0 Å². The number of ether oxygens (including phenoxy) is 1. The van der Waals surface area contributed by atoms with E-state index in [-0.39, 0.29) is 0 Å². The zero-order valence-electron chi connectivity index (χ0n) is 12.4. The number of rotatable bonds is 2. The molecule has 1 aromatic heterocycles. The average Bonchev–Trinajstić information content (AvgIpc) is 2.38. The molecule has 2 aromatic rings. The van der Waals surface area contributed by atoms with Gasteiger partial charge in [-0.2, -0.15) is 0 Å². The van der Waals surface area contributed by atoms with Gasteiger partial charge in [-0.1, -0.05) is 12.1 Å². The molecule has 0 aliphatic rings. The molecule has 1 heterocycles. The molecule has 21 heavy (non-hydrogen) atoms. The summed E-state index contributed by atoms with van der Waals surface area (Å²) in [6.45, 7) is 5.46. The van der Waals surface area contributed by atoms with Crippen molar-refractivity contribution >= 4 is 17.6 Å². The molecule has 0 unspecified atom stereocenters. The molecule has 0 bridgehead atoms. The lowest BCUT2D eigenvalue weighted by molar-refractivity contribution is 0.0636. The highest BCUT2D eigenvalue weighted by molar-refractivity contribution is 5.85. The first-order chi connectivity index (χ1) is 9.85. The van der Waals surface area contributed by atoms with E-state index in [0.717, 1.165) is 11.1 Å². The fraction of sp³-hybridized carbons (Fsp3) is 0.250. The number of hydrogen-bond donors (Lipinski definition) is 2. The normalized spacial score (nSPS) is 11.0. The molecule has 0 saturated carbocycles. The van der Waals surface area contributed by atoms with Gasteiger partial charge in [-0.25, -0.2) is 9.78 Å². The molecule has 0 fully saturated rings. The number of nitrogens with one attached hydrogen (secondary N) is 1. The van der Waals surface area contributed by atoms with Gasteiger partial charge in [0.25, 0.3) is 0 Å². The molecule has 0 saturated heterocycles. The molecule has 110 valence electrons. The summed E-state index contributed by atoms with van der Waals surface area (Å²) in [7, 11) is 0. The zero-order valence-corrected chi connectivity index (χ0v) is 12.4. The largest absolute Gasteiger partial charge is 0.444 e. The Morgan fingerprint density at radius 1 is 1.19 bits per heavy atom. The fourth-order valence-electron chi connectivity index (χ4n) is 1.82. The third-order valence-corrected chi connectivity index (χ3v) is 2.68. The van der Waals surface area contributed by atoms with Crippen molar-refractivity contribution in [2.75, 3.05) is 11.1 Å². The zero-order chi connectivity index (χ0) is 15.5. The maximum atomic E-state index is 11.7. The molecule has 2 rings (SSSR count). The number of nitrogens with two attached hydrogens (primary N) is 1. The Hall–Kier alpha value is -2.56. The summed E-state index contributed by atoms with van der Waals surface area (Å²) >= 11 is 0. The summed E-state index contributed by atoms with van der Waals surface area (Å²) in [5.74, 6) is 0.477. The number of carbonyl (C=O) groups is 1. The van der Waals surface area contributed by atoms with E-state index >= 15 is 0 Å². The summed E-state index contributed by atoms with van der Waals surface area (Å²) in [4.78, 5) is 15.7. The van der Waals surface area contributed by atoms with Crippen molar-refractivity contribution in [2.24, 2.45) is 0 Å². The van der Waals surface area contributed by atoms with E-state index in [4.69, 9.17) is 10.5 Å². The van der Waals surface area contributed by atoms with Crippen LogP contribution in [-0.2, 0) is 4.74 Å². The minimum atomic E-state index is -0.520. The van der Waals surface area contributed by atoms with Crippen molar-refractivity contribution in [3.8, 4) is 11.1 Å². The second-order valence-corrected chi connectivity index (χ2v) is 5.64. The molecule has 1 aromatic carbocycles. The Bertz CT molecular complexity index is 631. The number of anilines is 2. The Balaban J connectivity index is 2.10. The van der Waals surface area contributed by atoms with Crippen molar-refractivity contribution in [1.29, 1.82) is 0 Å². The van der Waals surface area contributed by atoms with Gasteiger partial charge in [0, 0.05) is 17.4 Å².